The summed E-state index contributed by atoms with van der Waals surface area (Å²) in [5.74, 6) is 0.147. The molecule has 0 saturated carbocycles. The molecule has 2 aromatic carbocycles. The van der Waals surface area contributed by atoms with E-state index < -0.39 is 0 Å². The van der Waals surface area contributed by atoms with Gasteiger partial charge in [0, 0.05) is 26.7 Å². The van der Waals surface area contributed by atoms with Crippen LogP contribution in [0.3, 0.4) is 0 Å². The van der Waals surface area contributed by atoms with E-state index >= 15 is 0 Å². The number of hydrogen-bond donors (Lipinski definition) is 1. The Hall–Kier alpha value is -3.08. The summed E-state index contributed by atoms with van der Waals surface area (Å²) in [7, 11) is 1.78. The molecule has 0 saturated heterocycles. The van der Waals surface area contributed by atoms with Gasteiger partial charge in [-0.25, -0.2) is 4.39 Å². The summed E-state index contributed by atoms with van der Waals surface area (Å²) in [6.45, 7) is 24.0. The Balaban J connectivity index is -0.000000259. The van der Waals surface area contributed by atoms with Gasteiger partial charge >= 0.3 is 0 Å². The maximum Gasteiger partial charge on any atom is 0.207 e. The first-order valence-corrected chi connectivity index (χ1v) is 17.0. The average molecular weight is 647 g/mol. The second kappa shape index (κ2) is 38.1. The number of amides is 1. The lowest BCUT2D eigenvalue weighted by molar-refractivity contribution is -0.117. The first-order valence-electron chi connectivity index (χ1n) is 17.0. The molecule has 0 aromatic heterocycles. The van der Waals surface area contributed by atoms with Gasteiger partial charge in [0.05, 0.1) is 12.2 Å². The molecule has 264 valence electrons. The minimum Gasteiger partial charge on any atom is -0.381 e. The number of nitrogens with zero attached hydrogens (tertiary/aromatic N) is 1. The number of carbonyl (C=O) groups is 2. The molecule has 1 unspecified atom stereocenters. The van der Waals surface area contributed by atoms with E-state index in [0.29, 0.717) is 18.1 Å². The Morgan fingerprint density at radius 3 is 1.76 bits per heavy atom. The highest BCUT2D eigenvalue weighted by Gasteiger charge is 2.05. The van der Waals surface area contributed by atoms with E-state index in [-0.39, 0.29) is 18.1 Å². The number of halogens is 1. The van der Waals surface area contributed by atoms with Crippen molar-refractivity contribution in [3.8, 4) is 17.2 Å². The number of hydrogen-bond acceptors (Lipinski definition) is 5. The van der Waals surface area contributed by atoms with Crippen molar-refractivity contribution in [1.29, 1.82) is 5.26 Å². The number of aryl methyl sites for hydroxylation is 3. The van der Waals surface area contributed by atoms with Crippen LogP contribution in [0.25, 0.3) is 11.1 Å². The number of ether oxygens (including phenoxy) is 2. The van der Waals surface area contributed by atoms with Crippen molar-refractivity contribution in [2.75, 3.05) is 26.9 Å². The van der Waals surface area contributed by atoms with Crippen molar-refractivity contribution in [2.24, 2.45) is 0 Å². The third-order valence-electron chi connectivity index (χ3n) is 6.26. The lowest BCUT2D eigenvalue weighted by Gasteiger charge is -2.13. The summed E-state index contributed by atoms with van der Waals surface area (Å²) >= 11 is 0. The second-order valence-corrected chi connectivity index (χ2v) is 10.4. The number of benzene rings is 2. The fourth-order valence-corrected chi connectivity index (χ4v) is 3.30. The Morgan fingerprint density at radius 1 is 0.848 bits per heavy atom. The number of unbranched alkanes of at least 4 members (excludes halogenated alkanes) is 1. The molecule has 0 aliphatic rings. The Morgan fingerprint density at radius 2 is 1.41 bits per heavy atom. The van der Waals surface area contributed by atoms with Gasteiger partial charge in [0.1, 0.15) is 18.1 Å². The molecule has 46 heavy (non-hydrogen) atoms. The number of ketones is 1. The predicted octanol–water partition coefficient (Wildman–Crippen LogP) is 10.5. The van der Waals surface area contributed by atoms with Crippen LogP contribution in [0.5, 0.6) is 0 Å². The topological polar surface area (TPSA) is 88.4 Å². The van der Waals surface area contributed by atoms with Gasteiger partial charge < -0.3 is 19.6 Å². The van der Waals surface area contributed by atoms with Gasteiger partial charge in [0.25, 0.3) is 0 Å². The van der Waals surface area contributed by atoms with Crippen LogP contribution in [-0.2, 0) is 19.1 Å². The second-order valence-electron chi connectivity index (χ2n) is 10.4. The monoisotopic (exact) mass is 647 g/mol. The summed E-state index contributed by atoms with van der Waals surface area (Å²) < 4.78 is 24.1. The van der Waals surface area contributed by atoms with Gasteiger partial charge in [-0.15, -0.1) is 0 Å². The van der Waals surface area contributed by atoms with Crippen LogP contribution in [0.1, 0.15) is 123 Å². The number of nitriles is 1. The van der Waals surface area contributed by atoms with Crippen LogP contribution in [0.2, 0.25) is 0 Å². The van der Waals surface area contributed by atoms with E-state index in [1.807, 2.05) is 39.0 Å². The third kappa shape index (κ3) is 32.3. The first kappa shape index (κ1) is 49.8. The van der Waals surface area contributed by atoms with Gasteiger partial charge in [-0.3, -0.25) is 4.79 Å². The minimum absolute atomic E-state index is 0.101. The van der Waals surface area contributed by atoms with Crippen LogP contribution in [0, 0.1) is 37.9 Å². The molecule has 0 fully saturated rings. The van der Waals surface area contributed by atoms with E-state index in [9.17, 15) is 14.0 Å². The molecule has 0 aliphatic heterocycles. The number of nitrogens with one attached hydrogen (secondary N) is 1. The summed E-state index contributed by atoms with van der Waals surface area (Å²) in [4.78, 5) is 19.3. The zero-order valence-corrected chi connectivity index (χ0v) is 31.4. The van der Waals surface area contributed by atoms with E-state index in [2.05, 4.69) is 59.0 Å². The maximum atomic E-state index is 13.4. The van der Waals surface area contributed by atoms with Gasteiger partial charge in [0.15, 0.2) is 0 Å². The molecule has 1 N–H and O–H groups in total. The van der Waals surface area contributed by atoms with Crippen molar-refractivity contribution in [2.45, 2.75) is 134 Å². The number of methoxy groups -OCH3 is 1. The van der Waals surface area contributed by atoms with Gasteiger partial charge in [-0.05, 0) is 87.3 Å². The van der Waals surface area contributed by atoms with Gasteiger partial charge in [-0.2, -0.15) is 5.26 Å². The predicted molar refractivity (Wildman–Crippen MR) is 195 cm³/mol. The lowest BCUT2D eigenvalue weighted by Crippen LogP contribution is -2.13. The van der Waals surface area contributed by atoms with Crippen molar-refractivity contribution < 1.29 is 23.5 Å². The molecule has 0 aliphatic carbocycles. The van der Waals surface area contributed by atoms with Gasteiger partial charge in [0.2, 0.25) is 6.41 Å². The fraction of sp³-hybridized carbons (Fsp3) is 0.615. The molecule has 2 rings (SSSR count). The Labute approximate surface area is 282 Å². The van der Waals surface area contributed by atoms with Gasteiger partial charge in [-0.1, -0.05) is 98.1 Å². The van der Waals surface area contributed by atoms with E-state index in [1.54, 1.807) is 33.1 Å². The molecule has 0 bridgehead atoms. The summed E-state index contributed by atoms with van der Waals surface area (Å²) in [6, 6.07) is 13.3. The zero-order valence-electron chi connectivity index (χ0n) is 31.4. The van der Waals surface area contributed by atoms with Crippen LogP contribution in [-0.4, -0.2) is 45.2 Å². The number of carbonyl (C=O) groups excluding carboxylic acids is 2. The molecule has 7 heteroatoms. The van der Waals surface area contributed by atoms with Crippen molar-refractivity contribution in [3.63, 3.8) is 0 Å². The molecule has 0 heterocycles. The van der Waals surface area contributed by atoms with Crippen molar-refractivity contribution in [1.82, 2.24) is 5.32 Å². The summed E-state index contributed by atoms with van der Waals surface area (Å²) in [5, 5.41) is 9.88. The summed E-state index contributed by atoms with van der Waals surface area (Å²) in [5.41, 5.74) is 5.19. The Bertz CT molecular complexity index is 970. The molecular weight excluding hydrogens is 579 g/mol. The minimum atomic E-state index is -0.143. The third-order valence-corrected chi connectivity index (χ3v) is 6.26. The SMILES string of the molecule is CC.CCCC.CCCC(C)=O.CCCOCCC(CCC)OC.Cc1ccc(-c2ccc(C)c(F)c2)cc1C.N#CCNC=O. The van der Waals surface area contributed by atoms with Crippen LogP contribution < -0.4 is 5.32 Å². The smallest absolute Gasteiger partial charge is 0.207 e. The van der Waals surface area contributed by atoms with Crippen LogP contribution >= 0.6 is 0 Å². The molecule has 1 amide bonds. The van der Waals surface area contributed by atoms with Crippen molar-refractivity contribution >= 4 is 12.2 Å². The molecule has 1 atom stereocenters. The standard InChI is InChI=1S/C15H15F.C10H22O2.C5H10O.C4H10.C3H4N2O.C2H6/c1-10-4-6-13(8-12(10)3)14-7-5-11(2)15(16)9-14;1-4-6-10(11-3)7-9-12-8-5-2;1-3-4-5(2)6;1-3-4-2;4-1-2-5-3-6;1-2/h4-9H,1-3H3;10H,4-9H2,1-3H3;3-4H2,1-2H3;3-4H2,1-2H3;3H,2H2,(H,5,6);1-2H3. The maximum absolute atomic E-state index is 13.4. The molecule has 0 radical (unpaired) electrons. The average Bonchev–Trinajstić information content (AvgIpc) is 3.06. The zero-order chi connectivity index (χ0) is 36.2. The normalized spacial score (nSPS) is 9.74. The highest BCUT2D eigenvalue weighted by Crippen LogP contribution is 2.23. The molecule has 6 nitrogen and oxygen atoms in total. The molecule has 2 aromatic rings. The van der Waals surface area contributed by atoms with E-state index in [4.69, 9.17) is 14.7 Å². The quantitative estimate of drug-likeness (QED) is 0.125. The van der Waals surface area contributed by atoms with Crippen LogP contribution in [0.15, 0.2) is 36.4 Å². The van der Waals surface area contributed by atoms with Crippen LogP contribution in [0.4, 0.5) is 4.39 Å². The highest BCUT2D eigenvalue weighted by atomic mass is 19.1. The molecule has 0 spiro atoms. The van der Waals surface area contributed by atoms with Crippen molar-refractivity contribution in [3.05, 3.63) is 58.9 Å². The number of rotatable bonds is 14. The van der Waals surface area contributed by atoms with E-state index in [0.717, 1.165) is 56.4 Å². The molecular formula is C39H67FN2O4. The highest BCUT2D eigenvalue weighted by molar-refractivity contribution is 5.75. The first-order chi connectivity index (χ1) is 22.0. The largest absolute Gasteiger partial charge is 0.381 e. The number of Topliss-reactive ketones (excluding diaryl/α,β-unsaturated/α-hetero) is 1. The lowest BCUT2D eigenvalue weighted by atomic mass is 9.99. The fourth-order valence-electron chi connectivity index (χ4n) is 3.30. The van der Waals surface area contributed by atoms with E-state index in [1.165, 1.54) is 30.4 Å². The summed E-state index contributed by atoms with van der Waals surface area (Å²) in [6.07, 6.45) is 9.71. The Kier molecular flexibility index (Phi) is 41.2.